The first-order valence-corrected chi connectivity index (χ1v) is 7.97. The maximum absolute atomic E-state index is 13.1. The van der Waals surface area contributed by atoms with Crippen molar-refractivity contribution in [3.63, 3.8) is 0 Å². The Morgan fingerprint density at radius 1 is 1.21 bits per heavy atom. The number of rotatable bonds is 4. The number of nitrogens with one attached hydrogen (secondary N) is 1. The van der Waals surface area contributed by atoms with E-state index in [9.17, 15) is 4.39 Å². The Balaban J connectivity index is 0.00000208. The third-order valence-corrected chi connectivity index (χ3v) is 4.61. The number of benzene rings is 2. The van der Waals surface area contributed by atoms with Crippen LogP contribution < -0.4 is 11.1 Å². The lowest BCUT2D eigenvalue weighted by Gasteiger charge is -2.41. The Morgan fingerprint density at radius 2 is 1.92 bits per heavy atom. The second-order valence-corrected chi connectivity index (χ2v) is 6.34. The largest absolute Gasteiger partial charge is 0.370 e. The van der Waals surface area contributed by atoms with E-state index >= 15 is 0 Å². The van der Waals surface area contributed by atoms with Crippen molar-refractivity contribution in [2.45, 2.75) is 31.6 Å². The molecule has 0 amide bonds. The van der Waals surface area contributed by atoms with Gasteiger partial charge < -0.3 is 11.1 Å². The molecular weight excluding hydrogens is 416 g/mol. The fraction of sp³-hybridized carbons (Fsp3) is 0.316. The van der Waals surface area contributed by atoms with E-state index in [1.165, 1.54) is 24.1 Å². The summed E-state index contributed by atoms with van der Waals surface area (Å²) in [6, 6.07) is 14.8. The van der Waals surface area contributed by atoms with Crippen molar-refractivity contribution in [3.05, 3.63) is 65.5 Å². The molecule has 24 heavy (non-hydrogen) atoms. The Bertz CT molecular complexity index is 709. The number of aliphatic imine (C=N–C) groups is 1. The van der Waals surface area contributed by atoms with Crippen LogP contribution in [0, 0.1) is 12.7 Å². The van der Waals surface area contributed by atoms with Gasteiger partial charge in [0, 0.05) is 11.1 Å². The number of halogens is 2. The van der Waals surface area contributed by atoms with Gasteiger partial charge in [-0.15, -0.1) is 24.0 Å². The van der Waals surface area contributed by atoms with Crippen LogP contribution in [-0.2, 0) is 5.41 Å². The maximum atomic E-state index is 13.1. The highest BCUT2D eigenvalue weighted by Crippen LogP contribution is 2.44. The lowest BCUT2D eigenvalue weighted by Crippen LogP contribution is -2.38. The first-order chi connectivity index (χ1) is 11.1. The quantitative estimate of drug-likeness (QED) is 0.416. The molecule has 1 saturated carbocycles. The molecule has 2 aromatic carbocycles. The maximum Gasteiger partial charge on any atom is 0.193 e. The average Bonchev–Trinajstić information content (AvgIpc) is 2.48. The molecule has 3 nitrogen and oxygen atoms in total. The number of guanidine groups is 1. The Labute approximate surface area is 159 Å². The minimum absolute atomic E-state index is 0. The van der Waals surface area contributed by atoms with Gasteiger partial charge in [-0.1, -0.05) is 30.7 Å². The molecule has 1 aliphatic rings. The SMILES string of the molecule is Cc1cccc(NC(N)=NCC2(c3ccc(F)cc3)CCC2)c1.I. The topological polar surface area (TPSA) is 50.4 Å². The molecule has 0 bridgehead atoms. The van der Waals surface area contributed by atoms with Crippen LogP contribution in [0.5, 0.6) is 0 Å². The molecule has 1 fully saturated rings. The zero-order valence-corrected chi connectivity index (χ0v) is 16.1. The molecule has 3 rings (SSSR count). The van der Waals surface area contributed by atoms with Gasteiger partial charge in [-0.2, -0.15) is 0 Å². The zero-order chi connectivity index (χ0) is 16.3. The second-order valence-electron chi connectivity index (χ2n) is 6.34. The molecule has 0 aromatic heterocycles. The molecule has 128 valence electrons. The van der Waals surface area contributed by atoms with Crippen molar-refractivity contribution < 1.29 is 4.39 Å². The van der Waals surface area contributed by atoms with E-state index in [0.29, 0.717) is 12.5 Å². The van der Waals surface area contributed by atoms with E-state index in [1.54, 1.807) is 0 Å². The van der Waals surface area contributed by atoms with Crippen LogP contribution in [0.15, 0.2) is 53.5 Å². The molecule has 0 heterocycles. The summed E-state index contributed by atoms with van der Waals surface area (Å²) in [4.78, 5) is 4.53. The zero-order valence-electron chi connectivity index (χ0n) is 13.8. The lowest BCUT2D eigenvalue weighted by atomic mass is 9.64. The van der Waals surface area contributed by atoms with E-state index in [1.807, 2.05) is 43.3 Å². The van der Waals surface area contributed by atoms with E-state index in [0.717, 1.165) is 24.1 Å². The molecule has 0 radical (unpaired) electrons. The Morgan fingerprint density at radius 3 is 2.50 bits per heavy atom. The predicted molar refractivity (Wildman–Crippen MR) is 109 cm³/mol. The van der Waals surface area contributed by atoms with Crippen molar-refractivity contribution in [2.24, 2.45) is 10.7 Å². The van der Waals surface area contributed by atoms with E-state index in [-0.39, 0.29) is 35.2 Å². The van der Waals surface area contributed by atoms with Gasteiger partial charge in [-0.25, -0.2) is 4.39 Å². The van der Waals surface area contributed by atoms with Crippen LogP contribution in [0.25, 0.3) is 0 Å². The van der Waals surface area contributed by atoms with Crippen LogP contribution in [0.4, 0.5) is 10.1 Å². The fourth-order valence-corrected chi connectivity index (χ4v) is 3.09. The first kappa shape index (κ1) is 18.7. The molecule has 5 heteroatoms. The highest BCUT2D eigenvalue weighted by molar-refractivity contribution is 14.0. The molecule has 0 unspecified atom stereocenters. The van der Waals surface area contributed by atoms with Gasteiger partial charge >= 0.3 is 0 Å². The average molecular weight is 439 g/mol. The molecule has 0 aliphatic heterocycles. The number of aryl methyl sites for hydroxylation is 1. The molecular formula is C19H23FIN3. The van der Waals surface area contributed by atoms with Crippen molar-refractivity contribution in [1.82, 2.24) is 0 Å². The molecule has 1 aliphatic carbocycles. The number of anilines is 1. The molecule has 2 aromatic rings. The fourth-order valence-electron chi connectivity index (χ4n) is 3.09. The van der Waals surface area contributed by atoms with Crippen molar-refractivity contribution >= 4 is 35.6 Å². The summed E-state index contributed by atoms with van der Waals surface area (Å²) in [6.07, 6.45) is 3.32. The molecule has 3 N–H and O–H groups in total. The van der Waals surface area contributed by atoms with E-state index < -0.39 is 0 Å². The summed E-state index contributed by atoms with van der Waals surface area (Å²) in [5.41, 5.74) is 9.29. The molecule has 0 saturated heterocycles. The van der Waals surface area contributed by atoms with Crippen LogP contribution in [-0.4, -0.2) is 12.5 Å². The van der Waals surface area contributed by atoms with Gasteiger partial charge in [0.05, 0.1) is 6.54 Å². The Kier molecular flexibility index (Phi) is 6.21. The second kappa shape index (κ2) is 7.96. The lowest BCUT2D eigenvalue weighted by molar-refractivity contribution is 0.253. The van der Waals surface area contributed by atoms with Gasteiger partial charge in [-0.3, -0.25) is 4.99 Å². The van der Waals surface area contributed by atoms with Crippen molar-refractivity contribution in [2.75, 3.05) is 11.9 Å². The van der Waals surface area contributed by atoms with Gasteiger partial charge in [-0.05, 0) is 55.2 Å². The summed E-state index contributed by atoms with van der Waals surface area (Å²) in [6.45, 7) is 2.67. The third kappa shape index (κ3) is 4.26. The summed E-state index contributed by atoms with van der Waals surface area (Å²) < 4.78 is 13.1. The van der Waals surface area contributed by atoms with Crippen LogP contribution in [0.2, 0.25) is 0 Å². The molecule has 0 atom stereocenters. The monoisotopic (exact) mass is 439 g/mol. The first-order valence-electron chi connectivity index (χ1n) is 7.97. The summed E-state index contributed by atoms with van der Waals surface area (Å²) in [5.74, 6) is 0.219. The normalized spacial score (nSPS) is 16.0. The highest BCUT2D eigenvalue weighted by atomic mass is 127. The minimum atomic E-state index is -0.202. The van der Waals surface area contributed by atoms with Crippen molar-refractivity contribution in [1.29, 1.82) is 0 Å². The van der Waals surface area contributed by atoms with Gasteiger partial charge in [0.1, 0.15) is 5.82 Å². The van der Waals surface area contributed by atoms with Gasteiger partial charge in [0.2, 0.25) is 0 Å². The highest BCUT2D eigenvalue weighted by Gasteiger charge is 2.38. The number of hydrogen-bond donors (Lipinski definition) is 2. The van der Waals surface area contributed by atoms with Crippen LogP contribution in [0.3, 0.4) is 0 Å². The van der Waals surface area contributed by atoms with Gasteiger partial charge in [0.25, 0.3) is 0 Å². The summed E-state index contributed by atoms with van der Waals surface area (Å²) in [5, 5.41) is 3.13. The van der Waals surface area contributed by atoms with Crippen LogP contribution in [0.1, 0.15) is 30.4 Å². The standard InChI is InChI=1S/C19H22FN3.HI/c1-14-4-2-5-17(12-14)23-18(21)22-13-19(10-3-11-19)15-6-8-16(20)9-7-15;/h2,4-9,12H,3,10-11,13H2,1H3,(H3,21,22,23);1H. The summed E-state index contributed by atoms with van der Waals surface area (Å²) in [7, 11) is 0. The summed E-state index contributed by atoms with van der Waals surface area (Å²) >= 11 is 0. The Hall–Kier alpha value is -1.63. The van der Waals surface area contributed by atoms with Gasteiger partial charge in [0.15, 0.2) is 5.96 Å². The number of nitrogens with zero attached hydrogens (tertiary/aromatic N) is 1. The minimum Gasteiger partial charge on any atom is -0.370 e. The molecule has 0 spiro atoms. The van der Waals surface area contributed by atoms with Crippen molar-refractivity contribution in [3.8, 4) is 0 Å². The van der Waals surface area contributed by atoms with Crippen LogP contribution >= 0.6 is 24.0 Å². The van der Waals surface area contributed by atoms with E-state index in [4.69, 9.17) is 5.73 Å². The smallest absolute Gasteiger partial charge is 0.193 e. The predicted octanol–water partition coefficient (Wildman–Crippen LogP) is 4.60. The van der Waals surface area contributed by atoms with E-state index in [2.05, 4.69) is 10.3 Å². The number of hydrogen-bond acceptors (Lipinski definition) is 1. The number of nitrogens with two attached hydrogens (primary N) is 1. The third-order valence-electron chi connectivity index (χ3n) is 4.61.